The number of unbranched alkanes of at least 4 members (excludes halogenated alkanes) is 9. The smallest absolute Gasteiger partial charge is 0.266 e. The molecular weight excluding hydrogens is 488 g/mol. The maximum Gasteiger partial charge on any atom is 0.296 e. The molecule has 0 bridgehead atoms. The average Bonchev–Trinajstić information content (AvgIpc) is 2.53. The Balaban J connectivity index is 0. The van der Waals surface area contributed by atoms with Crippen LogP contribution in [0.5, 0.6) is 0 Å². The molecule has 0 spiro atoms. The molecule has 0 amide bonds. The van der Waals surface area contributed by atoms with Gasteiger partial charge < -0.3 is 0 Å². The summed E-state index contributed by atoms with van der Waals surface area (Å²) in [6, 6.07) is 8.33. The van der Waals surface area contributed by atoms with Gasteiger partial charge in [0, 0.05) is 42.1 Å². The molecular formula is C18H30Mo2O3S. The molecule has 1 aromatic carbocycles. The summed E-state index contributed by atoms with van der Waals surface area (Å²) in [5, 5.41) is 0. The summed E-state index contributed by atoms with van der Waals surface area (Å²) < 4.78 is 28.8. The molecule has 0 radical (unpaired) electrons. The minimum atomic E-state index is -3.57. The summed E-state index contributed by atoms with van der Waals surface area (Å²) in [5.41, 5.74) is 0. The first-order valence-electron chi connectivity index (χ1n) is 8.61. The van der Waals surface area contributed by atoms with Crippen molar-refractivity contribution in [1.29, 1.82) is 0 Å². The van der Waals surface area contributed by atoms with Gasteiger partial charge in [-0.1, -0.05) is 82.9 Å². The summed E-state index contributed by atoms with van der Waals surface area (Å²) in [6.07, 6.45) is 12.3. The van der Waals surface area contributed by atoms with E-state index >= 15 is 0 Å². The van der Waals surface area contributed by atoms with Crippen LogP contribution in [0.1, 0.15) is 71.1 Å². The van der Waals surface area contributed by atoms with Gasteiger partial charge in [-0.15, -0.1) is 0 Å². The largest absolute Gasteiger partial charge is 0.296 e. The van der Waals surface area contributed by atoms with Crippen molar-refractivity contribution in [3.8, 4) is 0 Å². The molecule has 3 nitrogen and oxygen atoms in total. The Morgan fingerprint density at radius 2 is 1.21 bits per heavy atom. The predicted molar refractivity (Wildman–Crippen MR) is 91.4 cm³/mol. The third kappa shape index (κ3) is 12.8. The van der Waals surface area contributed by atoms with Gasteiger partial charge in [-0.3, -0.25) is 4.18 Å². The fourth-order valence-electron chi connectivity index (χ4n) is 2.41. The van der Waals surface area contributed by atoms with Crippen LogP contribution in [0.25, 0.3) is 0 Å². The Labute approximate surface area is 177 Å². The maximum atomic E-state index is 11.9. The first kappa shape index (κ1) is 26.7. The third-order valence-electron chi connectivity index (χ3n) is 3.77. The van der Waals surface area contributed by atoms with Gasteiger partial charge in [0.15, 0.2) is 0 Å². The van der Waals surface area contributed by atoms with Crippen LogP contribution in [0.15, 0.2) is 35.2 Å². The van der Waals surface area contributed by atoms with Gasteiger partial charge in [-0.05, 0) is 18.6 Å². The predicted octanol–water partition coefficient (Wildman–Crippen LogP) is 5.31. The van der Waals surface area contributed by atoms with Crippen LogP contribution in [-0.2, 0) is 56.4 Å². The molecule has 1 rings (SSSR count). The molecule has 24 heavy (non-hydrogen) atoms. The molecule has 0 aliphatic carbocycles. The van der Waals surface area contributed by atoms with Crippen LogP contribution in [0.4, 0.5) is 0 Å². The van der Waals surface area contributed by atoms with Crippen LogP contribution in [0.3, 0.4) is 0 Å². The van der Waals surface area contributed by atoms with E-state index in [1.54, 1.807) is 30.3 Å². The quantitative estimate of drug-likeness (QED) is 0.202. The van der Waals surface area contributed by atoms with E-state index in [9.17, 15) is 8.42 Å². The van der Waals surface area contributed by atoms with Crippen molar-refractivity contribution in [2.24, 2.45) is 0 Å². The first-order valence-corrected chi connectivity index (χ1v) is 10.0. The van der Waals surface area contributed by atoms with Crippen LogP contribution < -0.4 is 0 Å². The number of hydrogen-bond acceptors (Lipinski definition) is 3. The Morgan fingerprint density at radius 1 is 0.750 bits per heavy atom. The molecule has 0 aliphatic rings. The van der Waals surface area contributed by atoms with Crippen LogP contribution in [-0.4, -0.2) is 15.0 Å². The van der Waals surface area contributed by atoms with Crippen molar-refractivity contribution in [2.75, 3.05) is 6.61 Å². The summed E-state index contributed by atoms with van der Waals surface area (Å²) in [4.78, 5) is 0.238. The van der Waals surface area contributed by atoms with E-state index in [1.165, 1.54) is 51.4 Å². The van der Waals surface area contributed by atoms with Crippen molar-refractivity contribution in [2.45, 2.75) is 76.0 Å². The molecule has 0 fully saturated rings. The summed E-state index contributed by atoms with van der Waals surface area (Å²) in [6.45, 7) is 2.52. The van der Waals surface area contributed by atoms with E-state index in [0.29, 0.717) is 0 Å². The van der Waals surface area contributed by atoms with Gasteiger partial charge >= 0.3 is 0 Å². The number of hydrogen-bond donors (Lipinski definition) is 0. The Hall–Kier alpha value is 0.507. The fourth-order valence-corrected chi connectivity index (χ4v) is 3.38. The topological polar surface area (TPSA) is 43.4 Å². The van der Waals surface area contributed by atoms with Gasteiger partial charge in [-0.25, -0.2) is 0 Å². The SMILES string of the molecule is CCCCCCCCCCCCOS(=O)(=O)c1ccccc1.[Mo].[Mo]. The molecule has 0 unspecified atom stereocenters. The van der Waals surface area contributed by atoms with Crippen molar-refractivity contribution in [1.82, 2.24) is 0 Å². The Kier molecular flexibility index (Phi) is 18.9. The first-order chi connectivity index (χ1) is 10.7. The van der Waals surface area contributed by atoms with Gasteiger partial charge in [0.25, 0.3) is 10.1 Å². The van der Waals surface area contributed by atoms with Gasteiger partial charge in [-0.2, -0.15) is 8.42 Å². The van der Waals surface area contributed by atoms with E-state index in [-0.39, 0.29) is 53.6 Å². The molecule has 0 atom stereocenters. The number of rotatable bonds is 13. The molecule has 0 saturated heterocycles. The zero-order valence-electron chi connectivity index (χ0n) is 14.6. The normalized spacial score (nSPS) is 10.7. The van der Waals surface area contributed by atoms with Crippen LogP contribution >= 0.6 is 0 Å². The summed E-state index contributed by atoms with van der Waals surface area (Å²) >= 11 is 0. The van der Waals surface area contributed by atoms with E-state index in [0.717, 1.165) is 12.8 Å². The van der Waals surface area contributed by atoms with Crippen molar-refractivity contribution < 1.29 is 54.7 Å². The second kappa shape index (κ2) is 16.9. The molecule has 0 N–H and O–H groups in total. The van der Waals surface area contributed by atoms with Gasteiger partial charge in [0.1, 0.15) is 0 Å². The van der Waals surface area contributed by atoms with E-state index in [1.807, 2.05) is 0 Å². The van der Waals surface area contributed by atoms with Crippen molar-refractivity contribution >= 4 is 10.1 Å². The van der Waals surface area contributed by atoms with Crippen LogP contribution in [0.2, 0.25) is 0 Å². The van der Waals surface area contributed by atoms with E-state index < -0.39 is 10.1 Å². The van der Waals surface area contributed by atoms with Crippen LogP contribution in [0, 0.1) is 0 Å². The second-order valence-corrected chi connectivity index (χ2v) is 7.39. The zero-order valence-corrected chi connectivity index (χ0v) is 19.4. The second-order valence-electron chi connectivity index (χ2n) is 5.77. The fraction of sp³-hybridized carbons (Fsp3) is 0.667. The molecule has 0 aromatic heterocycles. The third-order valence-corrected chi connectivity index (χ3v) is 5.09. The molecule has 138 valence electrons. The summed E-state index contributed by atoms with van der Waals surface area (Å²) in [7, 11) is -3.57. The zero-order chi connectivity index (χ0) is 16.1. The average molecular weight is 518 g/mol. The van der Waals surface area contributed by atoms with Crippen molar-refractivity contribution in [3.63, 3.8) is 0 Å². The van der Waals surface area contributed by atoms with Gasteiger partial charge in [0.05, 0.1) is 11.5 Å². The Morgan fingerprint density at radius 3 is 1.71 bits per heavy atom. The maximum absolute atomic E-state index is 11.9. The minimum Gasteiger partial charge on any atom is -0.266 e. The van der Waals surface area contributed by atoms with Crippen molar-refractivity contribution in [3.05, 3.63) is 30.3 Å². The molecule has 0 aliphatic heterocycles. The van der Waals surface area contributed by atoms with E-state index in [2.05, 4.69) is 6.92 Å². The standard InChI is InChI=1S/C18H30O3S.2Mo/c1-2-3-4-5-6-7-8-9-10-14-17-21-22(19,20)18-15-12-11-13-16-18;;/h11-13,15-16H,2-10,14,17H2,1H3;;. The Bertz CT molecular complexity index is 478. The summed E-state index contributed by atoms with van der Waals surface area (Å²) in [5.74, 6) is 0. The minimum absolute atomic E-state index is 0. The monoisotopic (exact) mass is 522 g/mol. The number of benzene rings is 1. The molecule has 0 saturated carbocycles. The molecule has 6 heteroatoms. The molecule has 1 aromatic rings. The van der Waals surface area contributed by atoms with E-state index in [4.69, 9.17) is 4.18 Å². The molecule has 0 heterocycles. The van der Waals surface area contributed by atoms with Gasteiger partial charge in [0.2, 0.25) is 0 Å².